The molecule has 0 spiro atoms. The van der Waals surface area contributed by atoms with E-state index in [4.69, 9.17) is 11.6 Å². The first-order chi connectivity index (χ1) is 13.1. The third-order valence-electron chi connectivity index (χ3n) is 4.15. The van der Waals surface area contributed by atoms with Gasteiger partial charge in [0.05, 0.1) is 17.1 Å². The molecule has 2 aromatic heterocycles. The van der Waals surface area contributed by atoms with Crippen LogP contribution in [0.4, 0.5) is 0 Å². The van der Waals surface area contributed by atoms with Crippen LogP contribution in [-0.4, -0.2) is 21.2 Å². The Morgan fingerprint density at radius 2 is 1.96 bits per heavy atom. The van der Waals surface area contributed by atoms with E-state index < -0.39 is 0 Å². The monoisotopic (exact) mass is 394 g/mol. The smallest absolute Gasteiger partial charge is 0.283 e. The fourth-order valence-corrected chi connectivity index (χ4v) is 4.10. The first-order valence-corrected chi connectivity index (χ1v) is 9.43. The summed E-state index contributed by atoms with van der Waals surface area (Å²) < 4.78 is 2.89. The van der Waals surface area contributed by atoms with Crippen LogP contribution in [0.25, 0.3) is 15.8 Å². The van der Waals surface area contributed by atoms with Crippen molar-refractivity contribution < 1.29 is 4.79 Å². The van der Waals surface area contributed by atoms with Gasteiger partial charge in [0.15, 0.2) is 0 Å². The van der Waals surface area contributed by atoms with Crippen molar-refractivity contribution >= 4 is 44.6 Å². The molecule has 0 atom stereocenters. The van der Waals surface area contributed by atoms with E-state index >= 15 is 0 Å². The number of carbonyl (C=O) groups excluding carboxylic acids is 1. The number of aromatic nitrogens is 2. The van der Waals surface area contributed by atoms with E-state index in [9.17, 15) is 4.79 Å². The molecule has 27 heavy (non-hydrogen) atoms. The van der Waals surface area contributed by atoms with Gasteiger partial charge in [-0.25, -0.2) is 10.4 Å². The first-order valence-electron chi connectivity index (χ1n) is 8.24. The average molecular weight is 395 g/mol. The van der Waals surface area contributed by atoms with E-state index in [1.54, 1.807) is 12.5 Å². The summed E-state index contributed by atoms with van der Waals surface area (Å²) in [6.07, 6.45) is 5.35. The average Bonchev–Trinajstić information content (AvgIpc) is 3.35. The van der Waals surface area contributed by atoms with Crippen molar-refractivity contribution in [3.8, 4) is 5.69 Å². The Hall–Kier alpha value is -2.96. The summed E-state index contributed by atoms with van der Waals surface area (Å²) in [5.74, 6) is -0.310. The highest BCUT2D eigenvalue weighted by Gasteiger charge is 2.16. The van der Waals surface area contributed by atoms with Crippen LogP contribution in [0.15, 0.2) is 72.4 Å². The van der Waals surface area contributed by atoms with Gasteiger partial charge in [-0.1, -0.05) is 41.9 Å². The zero-order valence-corrected chi connectivity index (χ0v) is 16.0. The maximum absolute atomic E-state index is 12.5. The van der Waals surface area contributed by atoms with Crippen LogP contribution < -0.4 is 5.43 Å². The van der Waals surface area contributed by atoms with Gasteiger partial charge < -0.3 is 4.57 Å². The zero-order chi connectivity index (χ0) is 18.8. The normalized spacial score (nSPS) is 11.7. The molecular weight excluding hydrogens is 380 g/mol. The minimum Gasteiger partial charge on any atom is -0.306 e. The number of hydrazone groups is 1. The van der Waals surface area contributed by atoms with Crippen LogP contribution in [0.5, 0.6) is 0 Å². The molecule has 0 aliphatic carbocycles. The van der Waals surface area contributed by atoms with Gasteiger partial charge in [0.1, 0.15) is 4.88 Å². The molecule has 134 valence electrons. The lowest BCUT2D eigenvalue weighted by atomic mass is 10.1. The number of halogens is 1. The molecule has 4 rings (SSSR count). The predicted octanol–water partition coefficient (Wildman–Crippen LogP) is 4.89. The lowest BCUT2D eigenvalue weighted by Gasteiger charge is -2.05. The van der Waals surface area contributed by atoms with E-state index in [0.29, 0.717) is 15.6 Å². The second kappa shape index (κ2) is 7.34. The molecule has 0 aliphatic rings. The van der Waals surface area contributed by atoms with E-state index in [-0.39, 0.29) is 5.91 Å². The molecule has 0 saturated carbocycles. The molecule has 2 heterocycles. The van der Waals surface area contributed by atoms with E-state index in [1.165, 1.54) is 11.3 Å². The summed E-state index contributed by atoms with van der Waals surface area (Å²) in [6.45, 7) is 1.85. The Balaban J connectivity index is 1.51. The summed E-state index contributed by atoms with van der Waals surface area (Å²) in [4.78, 5) is 17.0. The van der Waals surface area contributed by atoms with Gasteiger partial charge in [-0.2, -0.15) is 5.10 Å². The van der Waals surface area contributed by atoms with Crippen LogP contribution in [0, 0.1) is 0 Å². The molecule has 0 bridgehead atoms. The molecule has 4 aromatic rings. The molecule has 1 N–H and O–H groups in total. The lowest BCUT2D eigenvalue weighted by molar-refractivity contribution is 0.0959. The van der Waals surface area contributed by atoms with Gasteiger partial charge >= 0.3 is 0 Å². The molecule has 0 unspecified atom stereocenters. The van der Waals surface area contributed by atoms with Crippen LogP contribution in [-0.2, 0) is 0 Å². The third-order valence-corrected chi connectivity index (χ3v) is 5.83. The van der Waals surface area contributed by atoms with Crippen molar-refractivity contribution in [2.45, 2.75) is 6.92 Å². The van der Waals surface area contributed by atoms with Gasteiger partial charge in [0, 0.05) is 28.2 Å². The Morgan fingerprint density at radius 1 is 1.19 bits per heavy atom. The quantitative estimate of drug-likeness (QED) is 0.395. The van der Waals surface area contributed by atoms with Gasteiger partial charge in [-0.3, -0.25) is 4.79 Å². The second-order valence-electron chi connectivity index (χ2n) is 5.90. The maximum Gasteiger partial charge on any atom is 0.283 e. The van der Waals surface area contributed by atoms with Crippen molar-refractivity contribution in [1.82, 2.24) is 15.0 Å². The Bertz CT molecular complexity index is 1130. The van der Waals surface area contributed by atoms with Crippen LogP contribution in [0.1, 0.15) is 22.2 Å². The topological polar surface area (TPSA) is 59.3 Å². The molecular formula is C20H15ClN4OS. The number of benzene rings is 2. The lowest BCUT2D eigenvalue weighted by Crippen LogP contribution is -2.18. The Kier molecular flexibility index (Phi) is 4.75. The molecule has 5 nitrogen and oxygen atoms in total. The second-order valence-corrected chi connectivity index (χ2v) is 7.33. The molecule has 2 aromatic carbocycles. The number of amides is 1. The van der Waals surface area contributed by atoms with Gasteiger partial charge in [-0.15, -0.1) is 11.3 Å². The number of imidazole rings is 1. The number of thiophene rings is 1. The van der Waals surface area contributed by atoms with E-state index in [0.717, 1.165) is 21.3 Å². The number of nitrogens with one attached hydrogen (secondary N) is 1. The number of nitrogens with zero attached hydrogens (tertiary/aromatic N) is 3. The Labute approximate surface area is 164 Å². The minimum atomic E-state index is -0.310. The van der Waals surface area contributed by atoms with E-state index in [2.05, 4.69) is 15.5 Å². The molecule has 0 fully saturated rings. The number of rotatable bonds is 4. The summed E-state index contributed by atoms with van der Waals surface area (Å²) in [5.41, 5.74) is 5.23. The SMILES string of the molecule is C/C(=N/NC(=O)c1sc2ccccc2c1Cl)c1ccc(-n2ccnc2)cc1. The molecule has 0 saturated heterocycles. The molecule has 1 amide bonds. The summed E-state index contributed by atoms with van der Waals surface area (Å²) in [7, 11) is 0. The van der Waals surface area contributed by atoms with Crippen LogP contribution in [0.2, 0.25) is 5.02 Å². The van der Waals surface area contributed by atoms with Crippen molar-refractivity contribution in [2.75, 3.05) is 0 Å². The van der Waals surface area contributed by atoms with E-state index in [1.807, 2.05) is 66.2 Å². The van der Waals surface area contributed by atoms with Crippen molar-refractivity contribution in [1.29, 1.82) is 0 Å². The fourth-order valence-electron chi connectivity index (χ4n) is 2.70. The van der Waals surface area contributed by atoms with Crippen molar-refractivity contribution in [2.24, 2.45) is 5.10 Å². The highest BCUT2D eigenvalue weighted by molar-refractivity contribution is 7.21. The van der Waals surface area contributed by atoms with Gasteiger partial charge in [0.25, 0.3) is 5.91 Å². The molecule has 0 aliphatic heterocycles. The first kappa shape index (κ1) is 17.5. The summed E-state index contributed by atoms with van der Waals surface area (Å²) in [6, 6.07) is 15.5. The number of hydrogen-bond donors (Lipinski definition) is 1. The van der Waals surface area contributed by atoms with Crippen LogP contribution >= 0.6 is 22.9 Å². The highest BCUT2D eigenvalue weighted by Crippen LogP contribution is 2.34. The third kappa shape index (κ3) is 3.49. The maximum atomic E-state index is 12.5. The number of fused-ring (bicyclic) bond motifs is 1. The molecule has 7 heteroatoms. The number of hydrogen-bond acceptors (Lipinski definition) is 4. The molecule has 0 radical (unpaired) electrons. The highest BCUT2D eigenvalue weighted by atomic mass is 35.5. The van der Waals surface area contributed by atoms with Gasteiger partial charge in [0.2, 0.25) is 0 Å². The van der Waals surface area contributed by atoms with Crippen molar-refractivity contribution in [3.63, 3.8) is 0 Å². The van der Waals surface area contributed by atoms with Gasteiger partial charge in [-0.05, 0) is 30.7 Å². The zero-order valence-electron chi connectivity index (χ0n) is 14.4. The summed E-state index contributed by atoms with van der Waals surface area (Å²) >= 11 is 7.70. The largest absolute Gasteiger partial charge is 0.306 e. The number of carbonyl (C=O) groups is 1. The summed E-state index contributed by atoms with van der Waals surface area (Å²) in [5, 5.41) is 5.56. The Morgan fingerprint density at radius 3 is 2.67 bits per heavy atom. The fraction of sp³-hybridized carbons (Fsp3) is 0.0500. The van der Waals surface area contributed by atoms with Crippen LogP contribution in [0.3, 0.4) is 0 Å². The van der Waals surface area contributed by atoms with Crippen molar-refractivity contribution in [3.05, 3.63) is 82.7 Å². The minimum absolute atomic E-state index is 0.310. The predicted molar refractivity (Wildman–Crippen MR) is 110 cm³/mol. The standard InChI is InChI=1S/C20H15ClN4OS/c1-13(14-6-8-15(9-7-14)25-11-10-22-12-25)23-24-20(26)19-18(21)16-4-2-3-5-17(16)27-19/h2-12H,1H3,(H,24,26)/b23-13-.